The molecule has 0 fully saturated rings. The summed E-state index contributed by atoms with van der Waals surface area (Å²) in [7, 11) is -4.61. The van der Waals surface area contributed by atoms with Gasteiger partial charge in [0.1, 0.15) is 0 Å². The molecule has 0 spiro atoms. The Morgan fingerprint density at radius 2 is 0.857 bits per heavy atom. The van der Waals surface area contributed by atoms with E-state index < -0.39 is 9.05 Å². The molecule has 0 aromatic heterocycles. The quantitative estimate of drug-likeness (QED) is 0.290. The Hall–Kier alpha value is 1.82. The van der Waals surface area contributed by atoms with Crippen molar-refractivity contribution in [3.8, 4) is 0 Å². The summed E-state index contributed by atoms with van der Waals surface area (Å²) in [6.07, 6.45) is 0. The molecule has 0 unspecified atom stereocenters. The molecule has 0 amide bonds. The summed E-state index contributed by atoms with van der Waals surface area (Å²) in [5.41, 5.74) is 0. The molecule has 0 aliphatic rings. The van der Waals surface area contributed by atoms with E-state index in [1.165, 1.54) is 0 Å². The molecule has 7 heavy (non-hydrogen) atoms. The number of hydrogen-bond acceptors (Lipinski definition) is 5. The molecule has 5 nitrogen and oxygen atoms in total. The van der Waals surface area contributed by atoms with E-state index in [2.05, 4.69) is 0 Å². The van der Waals surface area contributed by atoms with Crippen molar-refractivity contribution < 1.29 is 82.8 Å². The van der Waals surface area contributed by atoms with E-state index in [1.54, 1.807) is 0 Å². The zero-order valence-corrected chi connectivity index (χ0v) is 9.65. The van der Waals surface area contributed by atoms with Crippen molar-refractivity contribution >= 4 is 9.05 Å². The van der Waals surface area contributed by atoms with Crippen molar-refractivity contribution in [3.05, 3.63) is 0 Å². The molecule has 7 heteroatoms. The van der Waals surface area contributed by atoms with Crippen molar-refractivity contribution in [2.75, 3.05) is 0 Å². The summed E-state index contributed by atoms with van der Waals surface area (Å²) in [5.74, 6) is 0. The van der Waals surface area contributed by atoms with Crippen LogP contribution >= 0.6 is 0 Å². The first-order chi connectivity index (χ1) is 2.00. The fourth-order valence-corrected chi connectivity index (χ4v) is 0. The Labute approximate surface area is 90.2 Å². The molecule has 0 saturated carbocycles. The van der Waals surface area contributed by atoms with Gasteiger partial charge in [0.15, 0.2) is 0 Å². The van der Waals surface area contributed by atoms with Gasteiger partial charge in [-0.1, -0.05) is 0 Å². The average molecular weight is 199 g/mol. The van der Waals surface area contributed by atoms with Crippen molar-refractivity contribution in [1.82, 2.24) is 0 Å². The van der Waals surface area contributed by atoms with Crippen molar-refractivity contribution in [2.24, 2.45) is 0 Å². The Bertz CT molecular complexity index is 23.6. The van der Waals surface area contributed by atoms with Crippen molar-refractivity contribution in [3.63, 3.8) is 0 Å². The summed E-state index contributed by atoms with van der Waals surface area (Å²) in [5, 5.41) is 0. The summed E-state index contributed by atoms with van der Waals surface area (Å²) in [4.78, 5) is 29.3. The van der Waals surface area contributed by atoms with E-state index in [0.717, 1.165) is 0 Å². The Morgan fingerprint density at radius 1 is 0.857 bits per heavy atom. The van der Waals surface area contributed by atoms with Gasteiger partial charge in [-0.15, -0.1) is 0 Å². The summed E-state index contributed by atoms with van der Waals surface area (Å²) >= 11 is 0. The number of hydrogen-bond donors (Lipinski definition) is 4. The van der Waals surface area contributed by atoms with Crippen LogP contribution in [-0.2, 0) is 0 Å². The maximum atomic E-state index is 7.33. The zero-order valence-electron chi connectivity index (χ0n) is 3.74. The van der Waals surface area contributed by atoms with Crippen LogP contribution < -0.4 is 58.2 Å². The summed E-state index contributed by atoms with van der Waals surface area (Å²) in [6.45, 7) is 0. The van der Waals surface area contributed by atoms with E-state index in [0.29, 0.717) is 0 Å². The molecule has 0 bridgehead atoms. The first kappa shape index (κ1) is 15.9. The molecule has 0 saturated heterocycles. The minimum absolute atomic E-state index is 0. The molecule has 0 atom stereocenters. The third-order valence-electron chi connectivity index (χ3n) is 0. The maximum Gasteiger partial charge on any atom is 1.00 e. The van der Waals surface area contributed by atoms with Crippen LogP contribution in [-0.4, -0.2) is 33.7 Å². The molecule has 0 aromatic carbocycles. The average Bonchev–Trinajstić information content (AvgIpc) is 0.722. The van der Waals surface area contributed by atoms with Crippen LogP contribution in [0.4, 0.5) is 0 Å². The van der Waals surface area contributed by atoms with Gasteiger partial charge in [0.25, 0.3) is 0 Å². The fraction of sp³-hybridized carbons (Fsp3) is 0. The molecule has 40 valence electrons. The molecule has 0 radical (unpaired) electrons. The fourth-order valence-electron chi connectivity index (χ4n) is 0. The third-order valence-corrected chi connectivity index (χ3v) is 0. The first-order valence-electron chi connectivity index (χ1n) is 0.894. The van der Waals surface area contributed by atoms with E-state index >= 15 is 0 Å². The van der Waals surface area contributed by atoms with Gasteiger partial charge in [-0.3, -0.25) is 0 Å². The molecule has 0 heterocycles. The predicted molar refractivity (Wildman–Crippen MR) is 16.6 cm³/mol. The second-order valence-electron chi connectivity index (χ2n) is 0.600. The number of rotatable bonds is 0. The maximum absolute atomic E-state index is 7.33. The van der Waals surface area contributed by atoms with Crippen LogP contribution in [0.5, 0.6) is 0 Å². The van der Waals surface area contributed by atoms with Crippen LogP contribution in [0, 0.1) is 0 Å². The van der Waals surface area contributed by atoms with Gasteiger partial charge in [0.2, 0.25) is 0 Å². The van der Waals surface area contributed by atoms with Gasteiger partial charge >= 0.3 is 67.2 Å². The zero-order chi connectivity index (χ0) is 4.50. The van der Waals surface area contributed by atoms with Crippen molar-refractivity contribution in [1.29, 1.82) is 0 Å². The molecular weight excluding hydrogens is 194 g/mol. The van der Waals surface area contributed by atoms with E-state index in [1.807, 2.05) is 0 Å². The van der Waals surface area contributed by atoms with Gasteiger partial charge in [-0.05, 0) is 0 Å². The Morgan fingerprint density at radius 3 is 0.857 bits per heavy atom. The van der Waals surface area contributed by atoms with Gasteiger partial charge in [-0.25, -0.2) is 0 Å². The SMILES string of the molecule is O[Si](O)(O)O.[OH-].[Rb+]. The van der Waals surface area contributed by atoms with E-state index in [-0.39, 0.29) is 63.7 Å². The minimum Gasteiger partial charge on any atom is -0.870 e. The van der Waals surface area contributed by atoms with Crippen molar-refractivity contribution in [2.45, 2.75) is 0 Å². The van der Waals surface area contributed by atoms with Crippen LogP contribution in [0.2, 0.25) is 0 Å². The predicted octanol–water partition coefficient (Wildman–Crippen LogP) is -5.78. The van der Waals surface area contributed by atoms with Gasteiger partial charge in [0, 0.05) is 0 Å². The van der Waals surface area contributed by atoms with Crippen LogP contribution in [0.25, 0.3) is 0 Å². The minimum atomic E-state index is -4.61. The van der Waals surface area contributed by atoms with Crippen LogP contribution in [0.3, 0.4) is 0 Å². The standard InChI is InChI=1S/H4O4Si.H2O.Rb/c1-5(2,3)4;;/h1-4H;1H2;/q;;+1/p-1. The van der Waals surface area contributed by atoms with Gasteiger partial charge < -0.3 is 24.7 Å². The monoisotopic (exact) mass is 198 g/mol. The van der Waals surface area contributed by atoms with E-state index in [4.69, 9.17) is 19.2 Å². The molecular formula is H5O5RbSi. The normalized spacial score (nSPS) is 8.57. The molecule has 5 N–H and O–H groups in total. The topological polar surface area (TPSA) is 111 Å². The summed E-state index contributed by atoms with van der Waals surface area (Å²) in [6, 6.07) is 0. The summed E-state index contributed by atoms with van der Waals surface area (Å²) < 4.78 is 0. The molecule has 0 aliphatic heterocycles. The Balaban J connectivity index is -0.0000000800. The smallest absolute Gasteiger partial charge is 0.870 e. The largest absolute Gasteiger partial charge is 1.00 e. The van der Waals surface area contributed by atoms with Crippen LogP contribution in [0.1, 0.15) is 0 Å². The van der Waals surface area contributed by atoms with Crippen LogP contribution in [0.15, 0.2) is 0 Å². The second kappa shape index (κ2) is 5.95. The van der Waals surface area contributed by atoms with Gasteiger partial charge in [-0.2, -0.15) is 0 Å². The van der Waals surface area contributed by atoms with E-state index in [9.17, 15) is 0 Å². The third kappa shape index (κ3) is 79.9. The second-order valence-corrected chi connectivity index (χ2v) is 1.80. The molecule has 0 rings (SSSR count). The molecule has 0 aliphatic carbocycles. The molecule has 0 aromatic rings. The first-order valence-corrected chi connectivity index (χ1v) is 2.68. The van der Waals surface area contributed by atoms with Gasteiger partial charge in [0.05, 0.1) is 0 Å². The Kier molecular flexibility index (Phi) is 13.5.